The van der Waals surface area contributed by atoms with Gasteiger partial charge in [0.1, 0.15) is 12.4 Å². The van der Waals surface area contributed by atoms with Crippen LogP contribution in [0.15, 0.2) is 103 Å². The van der Waals surface area contributed by atoms with Gasteiger partial charge in [-0.15, -0.1) is 0 Å². The van der Waals surface area contributed by atoms with Crippen molar-refractivity contribution in [2.24, 2.45) is 0 Å². The lowest BCUT2D eigenvalue weighted by molar-refractivity contribution is -0.117. The maximum absolute atomic E-state index is 13.1. The van der Waals surface area contributed by atoms with Gasteiger partial charge in [0.05, 0.1) is 5.92 Å². The molecular weight excluding hydrogens is 406 g/mol. The van der Waals surface area contributed by atoms with E-state index in [1.165, 1.54) is 11.1 Å². The smallest absolute Gasteiger partial charge is 0.231 e. The summed E-state index contributed by atoms with van der Waals surface area (Å²) in [5.74, 6) is 0.417. The minimum absolute atomic E-state index is 0.0348. The van der Waals surface area contributed by atoms with Crippen molar-refractivity contribution >= 4 is 11.6 Å². The zero-order valence-corrected chi connectivity index (χ0v) is 19.1. The number of rotatable bonds is 8. The Bertz CT molecular complexity index is 1220. The summed E-state index contributed by atoms with van der Waals surface area (Å²) in [6, 6.07) is 34.2. The van der Waals surface area contributed by atoms with Crippen molar-refractivity contribution in [3.05, 3.63) is 131 Å². The first-order valence-corrected chi connectivity index (χ1v) is 11.3. The van der Waals surface area contributed by atoms with Crippen LogP contribution in [0.4, 0.5) is 5.69 Å². The van der Waals surface area contributed by atoms with E-state index in [1.807, 2.05) is 85.8 Å². The molecule has 0 aliphatic carbocycles. The number of carbonyl (C=O) groups is 1. The minimum Gasteiger partial charge on any atom is -0.489 e. The molecule has 0 saturated heterocycles. The average Bonchev–Trinajstić information content (AvgIpc) is 2.85. The van der Waals surface area contributed by atoms with E-state index in [1.54, 1.807) is 0 Å². The lowest BCUT2D eigenvalue weighted by Crippen LogP contribution is -2.19. The van der Waals surface area contributed by atoms with Crippen LogP contribution in [0, 0.1) is 6.92 Å². The largest absolute Gasteiger partial charge is 0.489 e. The zero-order valence-electron chi connectivity index (χ0n) is 19.1. The maximum atomic E-state index is 13.1. The maximum Gasteiger partial charge on any atom is 0.231 e. The lowest BCUT2D eigenvalue weighted by Gasteiger charge is -2.17. The predicted molar refractivity (Wildman–Crippen MR) is 135 cm³/mol. The van der Waals surface area contributed by atoms with Gasteiger partial charge in [-0.3, -0.25) is 4.79 Å². The van der Waals surface area contributed by atoms with Gasteiger partial charge in [-0.05, 0) is 66.3 Å². The monoisotopic (exact) mass is 435 g/mol. The van der Waals surface area contributed by atoms with Crippen molar-refractivity contribution in [1.29, 1.82) is 0 Å². The van der Waals surface area contributed by atoms with Gasteiger partial charge >= 0.3 is 0 Å². The Kier molecular flexibility index (Phi) is 7.21. The van der Waals surface area contributed by atoms with Crippen LogP contribution in [-0.4, -0.2) is 5.91 Å². The Morgan fingerprint density at radius 3 is 2.30 bits per heavy atom. The van der Waals surface area contributed by atoms with Crippen LogP contribution < -0.4 is 10.1 Å². The molecule has 0 saturated carbocycles. The lowest BCUT2D eigenvalue weighted by atomic mass is 9.98. The van der Waals surface area contributed by atoms with E-state index < -0.39 is 0 Å². The summed E-state index contributed by atoms with van der Waals surface area (Å²) in [5, 5.41) is 3.15. The number of aryl methyl sites for hydroxylation is 1. The summed E-state index contributed by atoms with van der Waals surface area (Å²) >= 11 is 0. The van der Waals surface area contributed by atoms with E-state index in [0.717, 1.165) is 34.5 Å². The van der Waals surface area contributed by atoms with Gasteiger partial charge in [0.25, 0.3) is 0 Å². The van der Waals surface area contributed by atoms with Crippen molar-refractivity contribution in [1.82, 2.24) is 0 Å². The van der Waals surface area contributed by atoms with Crippen LogP contribution in [0.1, 0.15) is 40.7 Å². The molecule has 4 aromatic rings. The highest BCUT2D eigenvalue weighted by Gasteiger charge is 2.17. The molecule has 0 aliphatic heterocycles. The Hall–Kier alpha value is -3.85. The summed E-state index contributed by atoms with van der Waals surface area (Å²) in [4.78, 5) is 13.1. The zero-order chi connectivity index (χ0) is 23.0. The molecule has 0 fully saturated rings. The van der Waals surface area contributed by atoms with E-state index >= 15 is 0 Å². The Labute approximate surface area is 196 Å². The summed E-state index contributed by atoms with van der Waals surface area (Å²) in [6.45, 7) is 4.54. The highest BCUT2D eigenvalue weighted by atomic mass is 16.5. The molecule has 4 aromatic carbocycles. The molecule has 0 bridgehead atoms. The van der Waals surface area contributed by atoms with Gasteiger partial charge in [0.2, 0.25) is 5.91 Å². The fourth-order valence-corrected chi connectivity index (χ4v) is 3.82. The first-order valence-electron chi connectivity index (χ1n) is 11.3. The Morgan fingerprint density at radius 1 is 0.818 bits per heavy atom. The van der Waals surface area contributed by atoms with E-state index in [-0.39, 0.29) is 11.8 Å². The molecule has 166 valence electrons. The average molecular weight is 436 g/mol. The number of ether oxygens (including phenoxy) is 1. The quantitative estimate of drug-likeness (QED) is 0.327. The van der Waals surface area contributed by atoms with Gasteiger partial charge in [-0.1, -0.05) is 84.9 Å². The highest BCUT2D eigenvalue weighted by molar-refractivity contribution is 5.96. The summed E-state index contributed by atoms with van der Waals surface area (Å²) in [6.07, 6.45) is 0.778. The molecule has 0 aromatic heterocycles. The van der Waals surface area contributed by atoms with Crippen LogP contribution >= 0.6 is 0 Å². The third-order valence-electron chi connectivity index (χ3n) is 5.92. The molecule has 0 aliphatic rings. The second-order valence-electron chi connectivity index (χ2n) is 8.32. The number of anilines is 1. The van der Waals surface area contributed by atoms with E-state index in [4.69, 9.17) is 4.74 Å². The molecule has 3 nitrogen and oxygen atoms in total. The number of hydrogen-bond acceptors (Lipinski definition) is 2. The second-order valence-corrected chi connectivity index (χ2v) is 8.32. The highest BCUT2D eigenvalue weighted by Crippen LogP contribution is 2.25. The molecule has 0 spiro atoms. The number of hydrogen-bond donors (Lipinski definition) is 1. The molecule has 0 heterocycles. The van der Waals surface area contributed by atoms with Crippen LogP contribution in [0.5, 0.6) is 5.75 Å². The van der Waals surface area contributed by atoms with Crippen molar-refractivity contribution in [3.8, 4) is 5.75 Å². The van der Waals surface area contributed by atoms with Gasteiger partial charge in [0.15, 0.2) is 0 Å². The number of amides is 1. The van der Waals surface area contributed by atoms with Crippen LogP contribution in [0.25, 0.3) is 0 Å². The summed E-state index contributed by atoms with van der Waals surface area (Å²) in [7, 11) is 0. The molecule has 1 amide bonds. The standard InChI is InChI=1S/C30H29NO2/c1-22-11-6-7-14-25(22)19-27-15-8-9-18-29(27)31-30(32)23(2)26-16-10-17-28(20-26)33-21-24-12-4-3-5-13-24/h3-18,20,23H,19,21H2,1-2H3,(H,31,32). The Morgan fingerprint density at radius 2 is 1.52 bits per heavy atom. The topological polar surface area (TPSA) is 38.3 Å². The Balaban J connectivity index is 1.44. The summed E-state index contributed by atoms with van der Waals surface area (Å²) < 4.78 is 5.95. The van der Waals surface area contributed by atoms with Gasteiger partial charge in [-0.25, -0.2) is 0 Å². The van der Waals surface area contributed by atoms with Gasteiger partial charge in [-0.2, -0.15) is 0 Å². The molecule has 0 radical (unpaired) electrons. The van der Waals surface area contributed by atoms with Gasteiger partial charge in [0, 0.05) is 5.69 Å². The fourth-order valence-electron chi connectivity index (χ4n) is 3.82. The third-order valence-corrected chi connectivity index (χ3v) is 5.92. The predicted octanol–water partition coefficient (Wildman–Crippen LogP) is 6.91. The SMILES string of the molecule is Cc1ccccc1Cc1ccccc1NC(=O)C(C)c1cccc(OCc2ccccc2)c1. The van der Waals surface area contributed by atoms with Crippen molar-refractivity contribution in [3.63, 3.8) is 0 Å². The normalized spacial score (nSPS) is 11.6. The number of para-hydroxylation sites is 1. The molecule has 3 heteroatoms. The number of nitrogens with one attached hydrogen (secondary N) is 1. The van der Waals surface area contributed by atoms with Gasteiger partial charge < -0.3 is 10.1 Å². The van der Waals surface area contributed by atoms with E-state index in [9.17, 15) is 4.79 Å². The van der Waals surface area contributed by atoms with E-state index in [0.29, 0.717) is 6.61 Å². The van der Waals surface area contributed by atoms with Crippen LogP contribution in [-0.2, 0) is 17.8 Å². The van der Waals surface area contributed by atoms with Crippen molar-refractivity contribution < 1.29 is 9.53 Å². The first kappa shape index (κ1) is 22.3. The van der Waals surface area contributed by atoms with Crippen LogP contribution in [0.2, 0.25) is 0 Å². The second kappa shape index (κ2) is 10.6. The molecule has 4 rings (SSSR count). The third kappa shape index (κ3) is 5.89. The first-order chi connectivity index (χ1) is 16.1. The van der Waals surface area contributed by atoms with Crippen LogP contribution in [0.3, 0.4) is 0 Å². The van der Waals surface area contributed by atoms with E-state index in [2.05, 4.69) is 36.5 Å². The fraction of sp³-hybridized carbons (Fsp3) is 0.167. The minimum atomic E-state index is -0.309. The molecule has 33 heavy (non-hydrogen) atoms. The molecule has 1 atom stereocenters. The molecule has 1 N–H and O–H groups in total. The van der Waals surface area contributed by atoms with Crippen molar-refractivity contribution in [2.75, 3.05) is 5.32 Å². The van der Waals surface area contributed by atoms with Crippen molar-refractivity contribution in [2.45, 2.75) is 32.8 Å². The number of carbonyl (C=O) groups excluding carboxylic acids is 1. The number of benzene rings is 4. The summed E-state index contributed by atoms with van der Waals surface area (Å²) in [5.41, 5.74) is 6.50. The molecular formula is C30H29NO2. The molecule has 1 unspecified atom stereocenters.